The van der Waals surface area contributed by atoms with Gasteiger partial charge in [-0.1, -0.05) is 0 Å². The van der Waals surface area contributed by atoms with Crippen molar-refractivity contribution in [1.29, 1.82) is 0 Å². The number of rotatable bonds is 1. The van der Waals surface area contributed by atoms with Crippen molar-refractivity contribution in [3.8, 4) is 5.69 Å². The van der Waals surface area contributed by atoms with Crippen molar-refractivity contribution in [1.82, 2.24) is 14.8 Å². The molecule has 0 fully saturated rings. The third-order valence-electron chi connectivity index (χ3n) is 3.57. The maximum Gasteiger partial charge on any atom is 0.280 e. The summed E-state index contributed by atoms with van der Waals surface area (Å²) in [6, 6.07) is 9.76. The number of halogens is 2. The van der Waals surface area contributed by atoms with Crippen LogP contribution in [0.3, 0.4) is 0 Å². The maximum atomic E-state index is 13.3. The number of aromatic amines is 1. The molecule has 4 aromatic rings. The van der Waals surface area contributed by atoms with Crippen LogP contribution in [0.25, 0.3) is 27.5 Å². The lowest BCUT2D eigenvalue weighted by Crippen LogP contribution is -2.14. The van der Waals surface area contributed by atoms with Crippen molar-refractivity contribution in [3.05, 3.63) is 70.6 Å². The molecule has 2 aromatic carbocycles. The van der Waals surface area contributed by atoms with E-state index in [0.29, 0.717) is 27.5 Å². The summed E-state index contributed by atoms with van der Waals surface area (Å²) in [5.74, 6) is -0.768. The van der Waals surface area contributed by atoms with Crippen LogP contribution >= 0.6 is 0 Å². The van der Waals surface area contributed by atoms with Gasteiger partial charge < -0.3 is 0 Å². The Hall–Kier alpha value is -3.02. The van der Waals surface area contributed by atoms with E-state index in [0.717, 1.165) is 0 Å². The molecule has 0 atom stereocenters. The molecule has 4 rings (SSSR count). The molecular formula is C16H9F2N3O. The summed E-state index contributed by atoms with van der Waals surface area (Å²) in [6.07, 6.45) is 1.41. The second-order valence-corrected chi connectivity index (χ2v) is 4.94. The predicted molar refractivity (Wildman–Crippen MR) is 79.1 cm³/mol. The van der Waals surface area contributed by atoms with E-state index in [4.69, 9.17) is 0 Å². The number of aromatic nitrogens is 3. The number of hydrogen-bond donors (Lipinski definition) is 1. The zero-order valence-corrected chi connectivity index (χ0v) is 11.2. The summed E-state index contributed by atoms with van der Waals surface area (Å²) < 4.78 is 27.6. The van der Waals surface area contributed by atoms with E-state index in [1.54, 1.807) is 6.07 Å². The predicted octanol–water partition coefficient (Wildman–Crippen LogP) is 3.15. The van der Waals surface area contributed by atoms with Gasteiger partial charge in [-0.2, -0.15) is 0 Å². The fourth-order valence-corrected chi connectivity index (χ4v) is 2.50. The van der Waals surface area contributed by atoms with Crippen molar-refractivity contribution in [3.63, 3.8) is 0 Å². The summed E-state index contributed by atoms with van der Waals surface area (Å²) in [7, 11) is 0. The van der Waals surface area contributed by atoms with Crippen LogP contribution in [-0.4, -0.2) is 14.8 Å². The lowest BCUT2D eigenvalue weighted by atomic mass is 10.2. The molecule has 0 bridgehead atoms. The molecule has 1 N–H and O–H groups in total. The zero-order valence-electron chi connectivity index (χ0n) is 11.2. The smallest absolute Gasteiger partial charge is 0.280 e. The van der Waals surface area contributed by atoms with E-state index in [-0.39, 0.29) is 17.2 Å². The molecule has 2 aromatic heterocycles. The topological polar surface area (TPSA) is 50.7 Å². The molecule has 2 heterocycles. The van der Waals surface area contributed by atoms with Gasteiger partial charge in [0, 0.05) is 17.6 Å². The normalized spacial score (nSPS) is 11.4. The highest BCUT2D eigenvalue weighted by atomic mass is 19.1. The molecule has 0 aliphatic carbocycles. The van der Waals surface area contributed by atoms with Crippen LogP contribution in [0.2, 0.25) is 0 Å². The van der Waals surface area contributed by atoms with E-state index in [9.17, 15) is 13.6 Å². The molecule has 0 aliphatic heterocycles. The van der Waals surface area contributed by atoms with Gasteiger partial charge in [0.1, 0.15) is 11.6 Å². The largest absolute Gasteiger partial charge is 0.290 e. The van der Waals surface area contributed by atoms with Gasteiger partial charge in [-0.15, -0.1) is 0 Å². The molecule has 0 amide bonds. The first kappa shape index (κ1) is 12.7. The Bertz CT molecular complexity index is 1060. The fraction of sp³-hybridized carbons (Fsp3) is 0. The maximum absolute atomic E-state index is 13.3. The number of hydrogen-bond acceptors (Lipinski definition) is 2. The minimum Gasteiger partial charge on any atom is -0.290 e. The van der Waals surface area contributed by atoms with Crippen LogP contribution in [0.1, 0.15) is 0 Å². The van der Waals surface area contributed by atoms with Gasteiger partial charge in [-0.3, -0.25) is 14.9 Å². The van der Waals surface area contributed by atoms with Crippen molar-refractivity contribution >= 4 is 21.8 Å². The van der Waals surface area contributed by atoms with E-state index < -0.39 is 0 Å². The number of fused-ring (bicyclic) bond motifs is 3. The van der Waals surface area contributed by atoms with Crippen molar-refractivity contribution in [2.24, 2.45) is 0 Å². The first-order valence-electron chi connectivity index (χ1n) is 6.58. The number of H-pyrrole nitrogens is 1. The van der Waals surface area contributed by atoms with Crippen LogP contribution in [0.15, 0.2) is 53.5 Å². The van der Waals surface area contributed by atoms with Crippen molar-refractivity contribution < 1.29 is 8.78 Å². The molecule has 0 saturated carbocycles. The van der Waals surface area contributed by atoms with Gasteiger partial charge in [0.05, 0.1) is 22.1 Å². The molecule has 22 heavy (non-hydrogen) atoms. The lowest BCUT2D eigenvalue weighted by Gasteiger charge is -2.00. The molecule has 0 saturated heterocycles. The Morgan fingerprint density at radius 1 is 0.955 bits per heavy atom. The van der Waals surface area contributed by atoms with E-state index in [1.165, 1.54) is 47.3 Å². The second-order valence-electron chi connectivity index (χ2n) is 4.94. The first-order valence-corrected chi connectivity index (χ1v) is 6.58. The Morgan fingerprint density at radius 3 is 2.45 bits per heavy atom. The second kappa shape index (κ2) is 4.49. The Balaban J connectivity index is 2.06. The lowest BCUT2D eigenvalue weighted by molar-refractivity contribution is 0.627. The Morgan fingerprint density at radius 2 is 1.68 bits per heavy atom. The SMILES string of the molecule is O=c1c2cnc3cc(F)ccc3c2[nH]n1-c1ccc(F)cc1. The molecule has 0 unspecified atom stereocenters. The standard InChI is InChI=1S/C16H9F2N3O/c17-9-1-4-11(5-2-9)21-16(22)13-8-19-14-7-10(18)3-6-12(14)15(13)20-21/h1-8,20H. The van der Waals surface area contributed by atoms with Crippen LogP contribution in [0.4, 0.5) is 8.78 Å². The van der Waals surface area contributed by atoms with Gasteiger partial charge in [0.15, 0.2) is 0 Å². The number of nitrogens with zero attached hydrogens (tertiary/aromatic N) is 2. The van der Waals surface area contributed by atoms with Gasteiger partial charge in [0.2, 0.25) is 0 Å². The quantitative estimate of drug-likeness (QED) is 0.587. The number of nitrogens with one attached hydrogen (secondary N) is 1. The average molecular weight is 297 g/mol. The van der Waals surface area contributed by atoms with E-state index in [1.807, 2.05) is 0 Å². The highest BCUT2D eigenvalue weighted by Gasteiger charge is 2.12. The molecule has 0 spiro atoms. The number of pyridine rings is 1. The van der Waals surface area contributed by atoms with Crippen LogP contribution in [0.5, 0.6) is 0 Å². The monoisotopic (exact) mass is 297 g/mol. The molecular weight excluding hydrogens is 288 g/mol. The Labute approximate surface area is 122 Å². The molecule has 0 aliphatic rings. The molecule has 108 valence electrons. The average Bonchev–Trinajstić information content (AvgIpc) is 2.85. The van der Waals surface area contributed by atoms with Gasteiger partial charge in [0.25, 0.3) is 5.56 Å². The third-order valence-corrected chi connectivity index (χ3v) is 3.57. The molecule has 4 nitrogen and oxygen atoms in total. The minimum absolute atomic E-state index is 0.291. The summed E-state index contributed by atoms with van der Waals surface area (Å²) >= 11 is 0. The molecule has 0 radical (unpaired) electrons. The van der Waals surface area contributed by atoms with Crippen molar-refractivity contribution in [2.75, 3.05) is 0 Å². The third kappa shape index (κ3) is 1.81. The molecule has 6 heteroatoms. The zero-order chi connectivity index (χ0) is 15.3. The first-order chi connectivity index (χ1) is 10.6. The van der Waals surface area contributed by atoms with Gasteiger partial charge in [-0.25, -0.2) is 13.5 Å². The highest BCUT2D eigenvalue weighted by Crippen LogP contribution is 2.21. The van der Waals surface area contributed by atoms with Crippen LogP contribution in [0, 0.1) is 11.6 Å². The van der Waals surface area contributed by atoms with E-state index in [2.05, 4.69) is 10.1 Å². The Kier molecular flexibility index (Phi) is 2.59. The summed E-state index contributed by atoms with van der Waals surface area (Å²) in [5, 5.41) is 4.02. The summed E-state index contributed by atoms with van der Waals surface area (Å²) in [6.45, 7) is 0. The summed E-state index contributed by atoms with van der Waals surface area (Å²) in [4.78, 5) is 16.6. The minimum atomic E-state index is -0.389. The van der Waals surface area contributed by atoms with Crippen LogP contribution in [-0.2, 0) is 0 Å². The number of benzene rings is 2. The van der Waals surface area contributed by atoms with Crippen molar-refractivity contribution in [2.45, 2.75) is 0 Å². The van der Waals surface area contributed by atoms with Crippen LogP contribution < -0.4 is 5.56 Å². The van der Waals surface area contributed by atoms with E-state index >= 15 is 0 Å². The highest BCUT2D eigenvalue weighted by molar-refractivity contribution is 6.02. The van der Waals surface area contributed by atoms with Gasteiger partial charge >= 0.3 is 0 Å². The van der Waals surface area contributed by atoms with Gasteiger partial charge in [-0.05, 0) is 36.4 Å². The summed E-state index contributed by atoms with van der Waals surface area (Å²) in [5.41, 5.74) is 1.25. The fourth-order valence-electron chi connectivity index (χ4n) is 2.50.